The highest BCUT2D eigenvalue weighted by molar-refractivity contribution is 7.99. The number of aliphatic carboxylic acids is 1. The number of primary amides is 1. The molecule has 0 aliphatic carbocycles. The zero-order valence-corrected chi connectivity index (χ0v) is 68.6. The largest absolute Gasteiger partial charge is 0.481 e. The molecule has 0 aromatic heterocycles. The van der Waals surface area contributed by atoms with Crippen molar-refractivity contribution < 1.29 is 129 Å². The van der Waals surface area contributed by atoms with E-state index in [4.69, 9.17) is 70.1 Å². The van der Waals surface area contributed by atoms with E-state index in [0.29, 0.717) is 58.4 Å². The first-order valence-corrected chi connectivity index (χ1v) is 40.5. The van der Waals surface area contributed by atoms with Gasteiger partial charge in [0, 0.05) is 69.4 Å². The number of hydrogen-bond donors (Lipinski definition) is 21. The first-order chi connectivity index (χ1) is 56.8. The maximum atomic E-state index is 14.5. The number of ether oxygens (including phenoxy) is 10. The van der Waals surface area contributed by atoms with Crippen molar-refractivity contribution in [2.45, 2.75) is 100 Å². The molecule has 0 unspecified atom stereocenters. The van der Waals surface area contributed by atoms with Crippen LogP contribution in [0.25, 0.3) is 0 Å². The Hall–Kier alpha value is -8.89. The molecular weight excluding hydrogens is 1620 g/mol. The number of nitrogens with two attached hydrogens (primary N) is 3. The van der Waals surface area contributed by atoms with Crippen molar-refractivity contribution in [1.29, 1.82) is 5.41 Å². The Morgan fingerprint density at radius 3 is 1.34 bits per heavy atom. The first-order valence-electron chi connectivity index (χ1n) is 38.1. The third kappa shape index (κ3) is 55.0. The number of carbonyl (C=O) groups is 15. The lowest BCUT2D eigenvalue weighted by Gasteiger charge is -2.26. The number of thiol groups is 2. The van der Waals surface area contributed by atoms with Crippen molar-refractivity contribution in [3.8, 4) is 0 Å². The van der Waals surface area contributed by atoms with Gasteiger partial charge in [0.1, 0.15) is 75.3 Å². The van der Waals surface area contributed by atoms with Crippen molar-refractivity contribution in [3.63, 3.8) is 0 Å². The summed E-state index contributed by atoms with van der Waals surface area (Å²) in [6.45, 7) is 1.72. The molecule has 1 aromatic carbocycles. The smallest absolute Gasteiger partial charge is 0.305 e. The Morgan fingerprint density at radius 1 is 0.449 bits per heavy atom. The van der Waals surface area contributed by atoms with E-state index < -0.39 is 170 Å². The van der Waals surface area contributed by atoms with Crippen LogP contribution < -0.4 is 91.8 Å². The minimum atomic E-state index is -1.88. The van der Waals surface area contributed by atoms with Gasteiger partial charge in [0.05, 0.1) is 119 Å². The summed E-state index contributed by atoms with van der Waals surface area (Å²) < 4.78 is 53.8. The van der Waals surface area contributed by atoms with E-state index in [0.717, 1.165) is 11.8 Å². The fourth-order valence-electron chi connectivity index (χ4n) is 9.92. The van der Waals surface area contributed by atoms with Gasteiger partial charge in [0.15, 0.2) is 5.96 Å². The minimum absolute atomic E-state index is 0.00851. The van der Waals surface area contributed by atoms with Gasteiger partial charge in [0.2, 0.25) is 82.7 Å². The summed E-state index contributed by atoms with van der Waals surface area (Å²) in [6.07, 6.45) is -0.908. The summed E-state index contributed by atoms with van der Waals surface area (Å²) in [5.41, 5.74) is 11.0. The molecule has 45 nitrogen and oxygen atoms in total. The summed E-state index contributed by atoms with van der Waals surface area (Å²) in [7, 11) is 0. The summed E-state index contributed by atoms with van der Waals surface area (Å²) in [6, 6.07) is -2.05. The Bertz CT molecular complexity index is 3190. The van der Waals surface area contributed by atoms with Gasteiger partial charge in [-0.05, 0) is 49.8 Å². The number of carbonyl (C=O) groups excluding carboxylic acids is 14. The van der Waals surface area contributed by atoms with Gasteiger partial charge in [0.25, 0.3) is 0 Å². The van der Waals surface area contributed by atoms with Crippen LogP contribution in [0.15, 0.2) is 30.3 Å². The lowest BCUT2D eigenvalue weighted by Crippen LogP contribution is -2.60. The van der Waals surface area contributed by atoms with E-state index in [2.05, 4.69) is 105 Å². The number of unbranched alkanes of at least 4 members (excludes halogenated alkanes) is 1. The number of thioether (sulfide) groups is 1. The van der Waals surface area contributed by atoms with E-state index in [9.17, 15) is 77.0 Å². The second kappa shape index (κ2) is 67.9. The molecule has 668 valence electrons. The van der Waals surface area contributed by atoms with Gasteiger partial charge in [-0.15, -0.1) is 0 Å². The van der Waals surface area contributed by atoms with Crippen molar-refractivity contribution in [2.75, 3.05) is 208 Å². The molecule has 48 heteroatoms. The van der Waals surface area contributed by atoms with Crippen LogP contribution in [-0.2, 0) is 131 Å². The molecule has 0 bridgehead atoms. The zero-order chi connectivity index (χ0) is 86.8. The Balaban J connectivity index is 2.21. The van der Waals surface area contributed by atoms with Gasteiger partial charge < -0.3 is 138 Å². The van der Waals surface area contributed by atoms with Crippen molar-refractivity contribution in [3.05, 3.63) is 35.9 Å². The molecular formula is C70H118N18O27S3. The van der Waals surface area contributed by atoms with Crippen LogP contribution in [0.5, 0.6) is 0 Å². The van der Waals surface area contributed by atoms with E-state index >= 15 is 0 Å². The second-order valence-corrected chi connectivity index (χ2v) is 27.3. The second-order valence-electron chi connectivity index (χ2n) is 25.4. The Labute approximate surface area is 698 Å². The molecule has 0 spiro atoms. The highest BCUT2D eigenvalue weighted by Crippen LogP contribution is 2.12. The predicted octanol–water partition coefficient (Wildman–Crippen LogP) is -8.84. The number of amides is 14. The lowest BCUT2D eigenvalue weighted by atomic mass is 10.0. The monoisotopic (exact) mass is 1740 g/mol. The highest BCUT2D eigenvalue weighted by Gasteiger charge is 2.34. The first kappa shape index (κ1) is 105. The van der Waals surface area contributed by atoms with Crippen molar-refractivity contribution >= 4 is 132 Å². The maximum Gasteiger partial charge on any atom is 0.305 e. The molecule has 1 aliphatic rings. The number of benzene rings is 1. The summed E-state index contributed by atoms with van der Waals surface area (Å²) in [5, 5.41) is 53.1. The Morgan fingerprint density at radius 2 is 0.856 bits per heavy atom. The van der Waals surface area contributed by atoms with E-state index in [1.807, 2.05) is 0 Å². The molecule has 1 saturated heterocycles. The summed E-state index contributed by atoms with van der Waals surface area (Å²) >= 11 is 9.70. The minimum Gasteiger partial charge on any atom is -0.481 e. The Kier molecular flexibility index (Phi) is 60.6. The van der Waals surface area contributed by atoms with Gasteiger partial charge in [-0.25, -0.2) is 5.90 Å². The number of nitrogens with one attached hydrogen (secondary N) is 15. The number of carboxylic acid groups (broad SMARTS) is 1. The fraction of sp³-hybridized carbons (Fsp3) is 0.686. The van der Waals surface area contributed by atoms with Crippen molar-refractivity contribution in [2.24, 2.45) is 17.4 Å². The van der Waals surface area contributed by atoms with Gasteiger partial charge in [-0.1, -0.05) is 30.3 Å². The normalized spacial score (nSPS) is 18.4. The predicted molar refractivity (Wildman–Crippen MR) is 429 cm³/mol. The number of guanidine groups is 1. The highest BCUT2D eigenvalue weighted by atomic mass is 32.2. The summed E-state index contributed by atoms with van der Waals surface area (Å²) in [5.74, 6) is -8.62. The van der Waals surface area contributed by atoms with E-state index in [-0.39, 0.29) is 180 Å². The van der Waals surface area contributed by atoms with Gasteiger partial charge in [-0.3, -0.25) is 82.2 Å². The third-order valence-corrected chi connectivity index (χ3v) is 17.6. The molecule has 14 amide bonds. The van der Waals surface area contributed by atoms with E-state index in [1.165, 1.54) is 0 Å². The number of hydrogen-bond acceptors (Lipinski definition) is 31. The van der Waals surface area contributed by atoms with Crippen molar-refractivity contribution in [1.82, 2.24) is 74.4 Å². The molecule has 7 atom stereocenters. The number of rotatable bonds is 56. The maximum absolute atomic E-state index is 14.5. The van der Waals surface area contributed by atoms with Gasteiger partial charge in [-0.2, -0.15) is 37.0 Å². The SMILES string of the molecule is N=C(N)NCCC[C@@H]1NC(=O)[C@H](CS)NC(=O)[C@H](CCCCNC(=O)COCC(=O)NCCOCCOCCOCCOCCOCCNC(=O)CON)NC(=O)CCCSC[C@@H](C(=O)NCCOCCOCCOCCNC(=O)COCC(N)=O)NC(=O)[C@H](Cc2ccccc2)NC(=O)[C@H](CS)NC(=O)[C@H](CC(=O)O)NC(=O)CNC1=O. The van der Waals surface area contributed by atoms with Crippen LogP contribution in [-0.4, -0.2) is 350 Å². The quantitative estimate of drug-likeness (QED) is 0.00947. The van der Waals surface area contributed by atoms with Crippen LogP contribution in [0.3, 0.4) is 0 Å². The topological polar surface area (TPSA) is 648 Å². The molecule has 0 radical (unpaired) electrons. The van der Waals surface area contributed by atoms with Crippen LogP contribution in [0.1, 0.15) is 56.9 Å². The van der Waals surface area contributed by atoms with Crippen LogP contribution >= 0.6 is 37.0 Å². The van der Waals surface area contributed by atoms with E-state index in [1.54, 1.807) is 30.3 Å². The average Bonchev–Trinajstić information content (AvgIpc) is 0.886. The molecule has 22 N–H and O–H groups in total. The zero-order valence-electron chi connectivity index (χ0n) is 66.0. The molecule has 2 rings (SSSR count). The number of carboxylic acids is 1. The molecule has 1 aliphatic heterocycles. The van der Waals surface area contributed by atoms with Crippen LogP contribution in [0, 0.1) is 5.41 Å². The standard InChI is InChI=1S/C70H118N18O27S3/c71-55(89)39-113-40-59(93)76-15-19-105-23-27-109-30-26-108-22-18-79-64(99)54-46-118-35-7-12-56(90)82-49(10-4-5-13-75-58(92)41-114-42-60(94)77-16-20-106-24-28-110-31-33-112-34-32-111-29-25-107-21-17-78-61(95)43-115-74)65(100)86-52(44-116)68(103)84-48(11-6-14-80-70(72)73)63(98)81-38-57(91)83-51(37-62(96)97)67(102)87-53(45-117)69(104)85-50(66(101)88-54)36-47-8-2-1-3-9-47/h1-3,8-9,48-54,116-117H,4-7,10-46,74H2,(H2,71,89)(H,75,92)(H,76,93)(H,77,94)(H,78,95)(H,79,99)(H,81,98)(H,82,90)(H,83,91)(H,84,103)(H,85,104)(H,86,100)(H,87,102)(H,88,101)(H,96,97)(H4,72,73,80)/t48-,49-,50-,51-,52-,53-,54-/m0/s1. The lowest BCUT2D eigenvalue weighted by molar-refractivity contribution is -0.141. The molecule has 1 aromatic rings. The van der Waals surface area contributed by atoms with Gasteiger partial charge >= 0.3 is 5.97 Å². The summed E-state index contributed by atoms with van der Waals surface area (Å²) in [4.78, 5) is 201. The molecule has 1 heterocycles. The third-order valence-electron chi connectivity index (χ3n) is 15.8. The average molecular weight is 1740 g/mol. The van der Waals surface area contributed by atoms with Crippen LogP contribution in [0.2, 0.25) is 0 Å². The molecule has 118 heavy (non-hydrogen) atoms. The molecule has 1 fully saturated rings. The van der Waals surface area contributed by atoms with Crippen LogP contribution in [0.4, 0.5) is 0 Å². The fourth-order valence-corrected chi connectivity index (χ4v) is 11.4. The molecule has 0 saturated carbocycles.